The third-order valence-corrected chi connectivity index (χ3v) is 4.21. The minimum absolute atomic E-state index is 0.248. The monoisotopic (exact) mass is 421 g/mol. The Labute approximate surface area is 180 Å². The smallest absolute Gasteiger partial charge is 0.338 e. The number of ether oxygens (including phenoxy) is 3. The lowest BCUT2D eigenvalue weighted by atomic mass is 10.1. The van der Waals surface area contributed by atoms with Crippen LogP contribution in [-0.2, 0) is 11.2 Å². The predicted octanol–water partition coefficient (Wildman–Crippen LogP) is 3.35. The summed E-state index contributed by atoms with van der Waals surface area (Å²) in [5.41, 5.74) is 4.77. The van der Waals surface area contributed by atoms with Gasteiger partial charge in [-0.15, -0.1) is 0 Å². The van der Waals surface area contributed by atoms with E-state index in [9.17, 15) is 4.79 Å². The van der Waals surface area contributed by atoms with Crippen LogP contribution in [0.25, 0.3) is 0 Å². The second-order valence-electron chi connectivity index (χ2n) is 6.14. The van der Waals surface area contributed by atoms with Gasteiger partial charge in [-0.05, 0) is 49.2 Å². The zero-order valence-electron chi connectivity index (χ0n) is 17.6. The average Bonchev–Trinajstić information content (AvgIpc) is 2.80. The van der Waals surface area contributed by atoms with Gasteiger partial charge in [-0.25, -0.2) is 4.79 Å². The highest BCUT2D eigenvalue weighted by atomic mass is 16.5. The summed E-state index contributed by atoms with van der Waals surface area (Å²) in [6, 6.07) is 13.9. The highest BCUT2D eigenvalue weighted by Gasteiger charge is 2.11. The van der Waals surface area contributed by atoms with Crippen LogP contribution in [0.15, 0.2) is 41.5 Å². The van der Waals surface area contributed by atoms with Crippen LogP contribution < -0.4 is 20.2 Å². The van der Waals surface area contributed by atoms with E-state index in [4.69, 9.17) is 24.7 Å². The van der Waals surface area contributed by atoms with Gasteiger partial charge in [0.1, 0.15) is 12.1 Å². The summed E-state index contributed by atoms with van der Waals surface area (Å²) >= 11 is 0. The van der Waals surface area contributed by atoms with Crippen LogP contribution in [0.2, 0.25) is 0 Å². The summed E-state index contributed by atoms with van der Waals surface area (Å²) in [7, 11) is 3.17. The van der Waals surface area contributed by atoms with E-state index < -0.39 is 5.97 Å². The Hall–Kier alpha value is -4.24. The highest BCUT2D eigenvalue weighted by molar-refractivity contribution is 6.10. The van der Waals surface area contributed by atoms with Crippen LogP contribution in [0.3, 0.4) is 0 Å². The van der Waals surface area contributed by atoms with Crippen molar-refractivity contribution in [2.24, 2.45) is 5.10 Å². The maximum absolute atomic E-state index is 12.0. The molecular weight excluding hydrogens is 398 g/mol. The fraction of sp³-hybridized carbons (Fsp3) is 0.273. The number of hydrogen-bond acceptors (Lipinski definition) is 9. The number of nitrogens with one attached hydrogen (secondary N) is 2. The first-order chi connectivity index (χ1) is 15.1. The highest BCUT2D eigenvalue weighted by Crippen LogP contribution is 2.28. The average molecular weight is 421 g/mol. The molecule has 0 aliphatic heterocycles. The number of nitrogens with zero attached hydrogens (tertiary/aromatic N) is 3. The summed E-state index contributed by atoms with van der Waals surface area (Å²) in [6.45, 7) is 2.53. The Balaban J connectivity index is 2.18. The molecule has 0 aliphatic carbocycles. The molecule has 2 N–H and O–H groups in total. The van der Waals surface area contributed by atoms with E-state index in [2.05, 4.69) is 15.8 Å². The summed E-state index contributed by atoms with van der Waals surface area (Å²) < 4.78 is 15.6. The predicted molar refractivity (Wildman–Crippen MR) is 116 cm³/mol. The van der Waals surface area contributed by atoms with E-state index in [1.54, 1.807) is 51.5 Å². The number of carbonyl (C=O) groups excluding carboxylic acids is 1. The first kappa shape index (κ1) is 23.0. The molecular formula is C22H23N5O4. The zero-order valence-corrected chi connectivity index (χ0v) is 17.6. The van der Waals surface area contributed by atoms with Crippen molar-refractivity contribution < 1.29 is 19.0 Å². The van der Waals surface area contributed by atoms with E-state index in [-0.39, 0.29) is 12.3 Å². The molecule has 9 heteroatoms. The van der Waals surface area contributed by atoms with Crippen LogP contribution in [-0.4, -0.2) is 39.1 Å². The molecule has 2 aromatic rings. The SMILES string of the molecule is CCOC(=O)c1ccc(NCCc2ccc(OC)c(OC)c2)c(NN=C(C#N)C#N)c1. The zero-order chi connectivity index (χ0) is 22.6. The molecule has 0 amide bonds. The Morgan fingerprint density at radius 1 is 1.03 bits per heavy atom. The maximum atomic E-state index is 12.0. The van der Waals surface area contributed by atoms with Crippen molar-refractivity contribution in [2.45, 2.75) is 13.3 Å². The molecule has 9 nitrogen and oxygen atoms in total. The Kier molecular flexibility index (Phi) is 8.69. The van der Waals surface area contributed by atoms with E-state index in [1.165, 1.54) is 0 Å². The lowest BCUT2D eigenvalue weighted by Gasteiger charge is -2.14. The first-order valence-electron chi connectivity index (χ1n) is 9.46. The molecule has 0 saturated carbocycles. The lowest BCUT2D eigenvalue weighted by Crippen LogP contribution is -2.10. The van der Waals surface area contributed by atoms with Crippen molar-refractivity contribution in [1.82, 2.24) is 0 Å². The topological polar surface area (TPSA) is 129 Å². The Morgan fingerprint density at radius 2 is 1.77 bits per heavy atom. The quantitative estimate of drug-likeness (QED) is 0.339. The van der Waals surface area contributed by atoms with Crippen molar-refractivity contribution in [1.29, 1.82) is 10.5 Å². The van der Waals surface area contributed by atoms with Gasteiger partial charge in [-0.3, -0.25) is 5.43 Å². The molecule has 2 aromatic carbocycles. The van der Waals surface area contributed by atoms with Crippen LogP contribution in [0, 0.1) is 22.7 Å². The van der Waals surface area contributed by atoms with Gasteiger partial charge in [0.05, 0.1) is 37.8 Å². The largest absolute Gasteiger partial charge is 0.493 e. The van der Waals surface area contributed by atoms with Gasteiger partial charge in [0.2, 0.25) is 5.71 Å². The van der Waals surface area contributed by atoms with Crippen molar-refractivity contribution in [3.05, 3.63) is 47.5 Å². The van der Waals surface area contributed by atoms with Gasteiger partial charge in [0.25, 0.3) is 0 Å². The fourth-order valence-corrected chi connectivity index (χ4v) is 2.70. The third kappa shape index (κ3) is 6.38. The summed E-state index contributed by atoms with van der Waals surface area (Å²) in [5, 5.41) is 24.8. The number of methoxy groups -OCH3 is 2. The number of carbonyl (C=O) groups is 1. The van der Waals surface area contributed by atoms with E-state index >= 15 is 0 Å². The summed E-state index contributed by atoms with van der Waals surface area (Å²) in [4.78, 5) is 12.0. The molecule has 0 spiro atoms. The summed E-state index contributed by atoms with van der Waals surface area (Å²) in [5.74, 6) is 0.826. The van der Waals surface area contributed by atoms with Crippen LogP contribution in [0.4, 0.5) is 11.4 Å². The van der Waals surface area contributed by atoms with E-state index in [0.717, 1.165) is 5.56 Å². The standard InChI is InChI=1S/C22H23N5O4/c1-4-31-22(28)16-6-7-18(19(12-16)27-26-17(13-23)14-24)25-10-9-15-5-8-20(29-2)21(11-15)30-3/h5-8,11-12,25,27H,4,9-10H2,1-3H3. The van der Waals surface area contributed by atoms with Crippen molar-refractivity contribution >= 4 is 23.1 Å². The molecule has 0 radical (unpaired) electrons. The van der Waals surface area contributed by atoms with Crippen LogP contribution in [0.1, 0.15) is 22.8 Å². The number of esters is 1. The number of hydrazone groups is 1. The number of rotatable bonds is 10. The second-order valence-corrected chi connectivity index (χ2v) is 6.14. The maximum Gasteiger partial charge on any atom is 0.338 e. The first-order valence-corrected chi connectivity index (χ1v) is 9.46. The van der Waals surface area contributed by atoms with Crippen molar-refractivity contribution in [3.8, 4) is 23.6 Å². The molecule has 0 heterocycles. The third-order valence-electron chi connectivity index (χ3n) is 4.21. The second kappa shape index (κ2) is 11.7. The molecule has 31 heavy (non-hydrogen) atoms. The number of benzene rings is 2. The molecule has 0 atom stereocenters. The fourth-order valence-electron chi connectivity index (χ4n) is 2.70. The molecule has 0 aliphatic rings. The molecule has 2 rings (SSSR count). The van der Waals surface area contributed by atoms with E-state index in [1.807, 2.05) is 18.2 Å². The van der Waals surface area contributed by atoms with Gasteiger partial charge in [0, 0.05) is 6.54 Å². The lowest BCUT2D eigenvalue weighted by molar-refractivity contribution is 0.0526. The van der Waals surface area contributed by atoms with Gasteiger partial charge in [-0.1, -0.05) is 6.07 Å². The normalized spacial score (nSPS) is 9.58. The Morgan fingerprint density at radius 3 is 2.42 bits per heavy atom. The van der Waals surface area contributed by atoms with E-state index in [0.29, 0.717) is 41.4 Å². The van der Waals surface area contributed by atoms with Gasteiger partial charge in [0.15, 0.2) is 11.5 Å². The Bertz CT molecular complexity index is 1020. The molecule has 0 aromatic heterocycles. The van der Waals surface area contributed by atoms with Gasteiger partial charge < -0.3 is 19.5 Å². The van der Waals surface area contributed by atoms with Gasteiger partial charge >= 0.3 is 5.97 Å². The van der Waals surface area contributed by atoms with Crippen LogP contribution in [0.5, 0.6) is 11.5 Å². The number of hydrogen-bond donors (Lipinski definition) is 2. The number of nitriles is 2. The number of anilines is 2. The molecule has 0 unspecified atom stereocenters. The van der Waals surface area contributed by atoms with Crippen molar-refractivity contribution in [3.63, 3.8) is 0 Å². The molecule has 0 bridgehead atoms. The van der Waals surface area contributed by atoms with Gasteiger partial charge in [-0.2, -0.15) is 15.6 Å². The molecule has 160 valence electrons. The molecule has 0 saturated heterocycles. The molecule has 0 fully saturated rings. The minimum atomic E-state index is -0.479. The summed E-state index contributed by atoms with van der Waals surface area (Å²) in [6.07, 6.45) is 0.685. The van der Waals surface area contributed by atoms with Crippen molar-refractivity contribution in [2.75, 3.05) is 38.1 Å². The van der Waals surface area contributed by atoms with Crippen LogP contribution >= 0.6 is 0 Å². The minimum Gasteiger partial charge on any atom is -0.493 e.